The van der Waals surface area contributed by atoms with E-state index in [1.165, 1.54) is 24.3 Å². The van der Waals surface area contributed by atoms with E-state index in [-0.39, 0.29) is 24.8 Å². The van der Waals surface area contributed by atoms with Crippen molar-refractivity contribution in [2.24, 2.45) is 5.92 Å². The number of nitro groups is 1. The lowest BCUT2D eigenvalue weighted by Crippen LogP contribution is -2.51. The first kappa shape index (κ1) is 23.4. The van der Waals surface area contributed by atoms with Crippen molar-refractivity contribution in [3.63, 3.8) is 0 Å². The molecule has 0 radical (unpaired) electrons. The summed E-state index contributed by atoms with van der Waals surface area (Å²) in [4.78, 5) is 21.0. The molecule has 164 valence electrons. The number of carbonyl (C=O) groups excluding carboxylic acids is 1. The van der Waals surface area contributed by atoms with Crippen LogP contribution in [0.3, 0.4) is 0 Å². The Kier molecular flexibility index (Phi) is 8.00. The predicted octanol–water partition coefficient (Wildman–Crippen LogP) is 2.68. The molecule has 2 rings (SSSR count). The van der Waals surface area contributed by atoms with E-state index >= 15 is 0 Å². The summed E-state index contributed by atoms with van der Waals surface area (Å²) in [5.41, 5.74) is -0.542. The molecule has 0 aromatic heterocycles. The second-order valence-electron chi connectivity index (χ2n) is 7.93. The number of aliphatic hydroxyl groups is 1. The summed E-state index contributed by atoms with van der Waals surface area (Å²) in [6.07, 6.45) is 1.80. The number of ether oxygens (including phenoxy) is 3. The lowest BCUT2D eigenvalue weighted by molar-refractivity contribution is -0.385. The molecule has 1 aliphatic heterocycles. The number of benzene rings is 1. The van der Waals surface area contributed by atoms with Gasteiger partial charge < -0.3 is 24.6 Å². The summed E-state index contributed by atoms with van der Waals surface area (Å²) >= 11 is 0. The standard InChI is InChI=1S/C21H28N2O7/c1-14(2)12-29-16(13-28-9-5-8-24)11-22-19-17-10-15(23(26)27)6-7-18(17)30-21(3,4)20(19)25/h5-7,10-11,14,19-20,22,25H,9,12-13H2,1-4H3/t19-,20+/m1/s1. The molecule has 0 amide bonds. The highest BCUT2D eigenvalue weighted by Crippen LogP contribution is 2.41. The quantitative estimate of drug-likeness (QED) is 0.195. The van der Waals surface area contributed by atoms with E-state index in [9.17, 15) is 20.0 Å². The molecule has 0 spiro atoms. The Balaban J connectivity index is 2.30. The van der Waals surface area contributed by atoms with E-state index in [4.69, 9.17) is 14.2 Å². The van der Waals surface area contributed by atoms with Gasteiger partial charge in [0.15, 0.2) is 0 Å². The maximum absolute atomic E-state index is 11.2. The van der Waals surface area contributed by atoms with Gasteiger partial charge in [-0.2, -0.15) is 0 Å². The van der Waals surface area contributed by atoms with Crippen molar-refractivity contribution < 1.29 is 29.0 Å². The van der Waals surface area contributed by atoms with Crippen LogP contribution in [-0.4, -0.2) is 47.5 Å². The van der Waals surface area contributed by atoms with E-state index in [1.807, 2.05) is 13.8 Å². The molecule has 1 aliphatic rings. The zero-order valence-electron chi connectivity index (χ0n) is 17.6. The largest absolute Gasteiger partial charge is 0.494 e. The molecule has 0 unspecified atom stereocenters. The maximum Gasteiger partial charge on any atom is 0.270 e. The second kappa shape index (κ2) is 10.2. The highest BCUT2D eigenvalue weighted by molar-refractivity contribution is 5.48. The van der Waals surface area contributed by atoms with Gasteiger partial charge in [-0.3, -0.25) is 10.1 Å². The van der Waals surface area contributed by atoms with E-state index in [1.54, 1.807) is 26.0 Å². The monoisotopic (exact) mass is 420 g/mol. The topological polar surface area (TPSA) is 120 Å². The molecule has 9 nitrogen and oxygen atoms in total. The first-order valence-corrected chi connectivity index (χ1v) is 9.66. The first-order chi connectivity index (χ1) is 14.2. The second-order valence-corrected chi connectivity index (χ2v) is 7.93. The Morgan fingerprint density at radius 1 is 1.47 bits per heavy atom. The summed E-state index contributed by atoms with van der Waals surface area (Å²) in [5.74, 6) is 2.84. The predicted molar refractivity (Wildman–Crippen MR) is 110 cm³/mol. The molecule has 0 saturated heterocycles. The molecular weight excluding hydrogens is 392 g/mol. The van der Waals surface area contributed by atoms with Crippen LogP contribution in [0.15, 0.2) is 36.2 Å². The van der Waals surface area contributed by atoms with E-state index in [0.717, 1.165) is 0 Å². The molecule has 0 bridgehead atoms. The van der Waals surface area contributed by atoms with Gasteiger partial charge in [0.2, 0.25) is 0 Å². The fourth-order valence-corrected chi connectivity index (χ4v) is 2.92. The van der Waals surface area contributed by atoms with Crippen LogP contribution in [0.5, 0.6) is 5.75 Å². The Hall–Kier alpha value is -2.87. The van der Waals surface area contributed by atoms with Crippen molar-refractivity contribution >= 4 is 11.6 Å². The molecule has 2 N–H and O–H groups in total. The third-order valence-corrected chi connectivity index (χ3v) is 4.50. The van der Waals surface area contributed by atoms with Crippen molar-refractivity contribution in [3.05, 3.63) is 51.9 Å². The van der Waals surface area contributed by atoms with Crippen LogP contribution < -0.4 is 10.1 Å². The third-order valence-electron chi connectivity index (χ3n) is 4.50. The lowest BCUT2D eigenvalue weighted by atomic mass is 9.86. The van der Waals surface area contributed by atoms with Crippen molar-refractivity contribution in [2.45, 2.75) is 45.4 Å². The van der Waals surface area contributed by atoms with Crippen LogP contribution in [0.25, 0.3) is 0 Å². The fourth-order valence-electron chi connectivity index (χ4n) is 2.92. The number of aliphatic hydroxyl groups excluding tert-OH is 1. The number of nitro benzene ring substituents is 1. The third kappa shape index (κ3) is 6.06. The van der Waals surface area contributed by atoms with E-state index in [2.05, 4.69) is 5.32 Å². The average molecular weight is 420 g/mol. The van der Waals surface area contributed by atoms with Crippen LogP contribution in [0.4, 0.5) is 5.69 Å². The van der Waals surface area contributed by atoms with Crippen LogP contribution >= 0.6 is 0 Å². The molecule has 30 heavy (non-hydrogen) atoms. The van der Waals surface area contributed by atoms with Gasteiger partial charge in [-0.1, -0.05) is 13.8 Å². The van der Waals surface area contributed by atoms with Crippen molar-refractivity contribution in [1.82, 2.24) is 5.32 Å². The van der Waals surface area contributed by atoms with Gasteiger partial charge in [0.1, 0.15) is 35.8 Å². The molecule has 0 aliphatic carbocycles. The van der Waals surface area contributed by atoms with Crippen LogP contribution in [0, 0.1) is 16.0 Å². The average Bonchev–Trinajstić information content (AvgIpc) is 2.68. The Morgan fingerprint density at radius 3 is 2.83 bits per heavy atom. The zero-order valence-corrected chi connectivity index (χ0v) is 17.6. The van der Waals surface area contributed by atoms with Crippen LogP contribution in [-0.2, 0) is 14.3 Å². The smallest absolute Gasteiger partial charge is 0.270 e. The molecule has 1 aromatic rings. The summed E-state index contributed by atoms with van der Waals surface area (Å²) in [7, 11) is 0. The van der Waals surface area contributed by atoms with Gasteiger partial charge in [-0.25, -0.2) is 4.79 Å². The highest BCUT2D eigenvalue weighted by atomic mass is 16.6. The molecule has 2 atom stereocenters. The van der Waals surface area contributed by atoms with Gasteiger partial charge >= 0.3 is 0 Å². The Bertz CT molecular complexity index is 829. The fraction of sp³-hybridized carbons (Fsp3) is 0.524. The number of hydrogen-bond donors (Lipinski definition) is 2. The van der Waals surface area contributed by atoms with Gasteiger partial charge in [-0.05, 0) is 25.8 Å². The van der Waals surface area contributed by atoms with Crippen molar-refractivity contribution in [3.8, 4) is 5.75 Å². The van der Waals surface area contributed by atoms with Gasteiger partial charge in [0.05, 0.1) is 24.2 Å². The van der Waals surface area contributed by atoms with Crippen LogP contribution in [0.1, 0.15) is 39.3 Å². The van der Waals surface area contributed by atoms with Crippen LogP contribution in [0.2, 0.25) is 0 Å². The normalized spacial score (nSPS) is 20.0. The van der Waals surface area contributed by atoms with Crippen molar-refractivity contribution in [2.75, 3.05) is 19.8 Å². The summed E-state index contributed by atoms with van der Waals surface area (Å²) < 4.78 is 17.0. The highest BCUT2D eigenvalue weighted by Gasteiger charge is 2.43. The SMILES string of the molecule is CC(C)COC(=CN[C@@H]1c2cc([N+](=O)[O-])ccc2OC(C)(C)[C@H]1O)COCC=C=O. The Labute approximate surface area is 175 Å². The maximum atomic E-state index is 11.2. The zero-order chi connectivity index (χ0) is 22.3. The number of nitrogens with zero attached hydrogens (tertiary/aromatic N) is 1. The molecule has 9 heteroatoms. The summed E-state index contributed by atoms with van der Waals surface area (Å²) in [6, 6.07) is 3.62. The number of rotatable bonds is 10. The Morgan fingerprint density at radius 2 is 2.20 bits per heavy atom. The van der Waals surface area contributed by atoms with E-state index < -0.39 is 22.7 Å². The minimum Gasteiger partial charge on any atom is -0.494 e. The lowest BCUT2D eigenvalue weighted by Gasteiger charge is -2.42. The number of fused-ring (bicyclic) bond motifs is 1. The number of non-ortho nitro benzene ring substituents is 1. The van der Waals surface area contributed by atoms with Gasteiger partial charge in [-0.15, -0.1) is 0 Å². The summed E-state index contributed by atoms with van der Waals surface area (Å²) in [5, 5.41) is 25.1. The molecule has 1 heterocycles. The van der Waals surface area contributed by atoms with Crippen molar-refractivity contribution in [1.29, 1.82) is 0 Å². The molecular formula is C21H28N2O7. The molecule has 0 fully saturated rings. The van der Waals surface area contributed by atoms with E-state index in [0.29, 0.717) is 23.7 Å². The number of hydrogen-bond acceptors (Lipinski definition) is 8. The summed E-state index contributed by atoms with van der Waals surface area (Å²) in [6.45, 7) is 8.12. The first-order valence-electron chi connectivity index (χ1n) is 9.66. The van der Waals surface area contributed by atoms with Gasteiger partial charge in [0, 0.05) is 30.0 Å². The number of nitrogens with one attached hydrogen (secondary N) is 1. The minimum absolute atomic E-state index is 0.0911. The molecule has 0 saturated carbocycles. The van der Waals surface area contributed by atoms with Gasteiger partial charge in [0.25, 0.3) is 5.69 Å². The molecule has 1 aromatic carbocycles. The minimum atomic E-state index is -0.992.